The molecule has 2 aromatic rings. The van der Waals surface area contributed by atoms with Crippen molar-refractivity contribution in [3.63, 3.8) is 0 Å². The van der Waals surface area contributed by atoms with Crippen molar-refractivity contribution in [2.75, 3.05) is 78.2 Å². The van der Waals surface area contributed by atoms with Crippen LogP contribution in [0, 0.1) is 5.92 Å². The van der Waals surface area contributed by atoms with Crippen LogP contribution in [0.25, 0.3) is 0 Å². The number of fused-ring (bicyclic) bond motifs is 1. The van der Waals surface area contributed by atoms with E-state index in [1.165, 1.54) is 30.4 Å². The number of carbonyl (C=O) groups excluding carboxylic acids is 1. The smallest absolute Gasteiger partial charge is 0.248 e. The number of likely N-dealkylation sites (tertiary alicyclic amines) is 1. The number of nitrogens with zero attached hydrogens (tertiary/aromatic N) is 2. The second-order valence-corrected chi connectivity index (χ2v) is 13.0. The molecular formula is C36H51N3O6. The van der Waals surface area contributed by atoms with E-state index in [-0.39, 0.29) is 36.7 Å². The zero-order chi connectivity index (χ0) is 31.0. The van der Waals surface area contributed by atoms with Gasteiger partial charge in [-0.1, -0.05) is 30.3 Å². The lowest BCUT2D eigenvalue weighted by Gasteiger charge is -2.39. The first-order valence-electron chi connectivity index (χ1n) is 17.0. The topological polar surface area (TPSA) is 81.7 Å². The Morgan fingerprint density at radius 2 is 1.76 bits per heavy atom. The predicted octanol–water partition coefficient (Wildman–Crippen LogP) is 4.69. The second-order valence-electron chi connectivity index (χ2n) is 13.0. The third-order valence-corrected chi connectivity index (χ3v) is 9.80. The van der Waals surface area contributed by atoms with E-state index < -0.39 is 0 Å². The van der Waals surface area contributed by atoms with E-state index in [1.54, 1.807) is 7.11 Å². The summed E-state index contributed by atoms with van der Waals surface area (Å²) in [4.78, 5) is 17.4. The molecule has 2 saturated heterocycles. The SMILES string of the molecule is COCCCN1CCOc2ccc(CO[C@H]3CNC[C@@H](OCC(=O)N4CCCCC4)[C@@H]3c3ccc(C(OC)C4CC4)cc3)cc21. The van der Waals surface area contributed by atoms with Crippen LogP contribution in [-0.4, -0.2) is 96.3 Å². The molecule has 1 saturated carbocycles. The average Bonchev–Trinajstić information content (AvgIpc) is 3.93. The highest BCUT2D eigenvalue weighted by atomic mass is 16.5. The van der Waals surface area contributed by atoms with Crippen LogP contribution >= 0.6 is 0 Å². The van der Waals surface area contributed by atoms with Gasteiger partial charge in [0.1, 0.15) is 19.0 Å². The Balaban J connectivity index is 1.17. The Bertz CT molecular complexity index is 1230. The molecule has 1 amide bonds. The van der Waals surface area contributed by atoms with Gasteiger partial charge in [0, 0.05) is 59.5 Å². The standard InChI is InChI=1S/C36H51N3O6/c1-41-19-6-17-38-18-20-43-31-14-7-26(21-30(31)38)24-44-32-22-37-23-33(45-25-34(40)39-15-4-3-5-16-39)35(32)27-8-10-28(11-9-27)36(42-2)29-12-13-29/h7-11,14,21,29,32-33,35-37H,3-6,12-13,15-20,22-25H2,1-2H3/t32-,33+,35+,36?/m0/s1. The van der Waals surface area contributed by atoms with Crippen molar-refractivity contribution >= 4 is 11.6 Å². The van der Waals surface area contributed by atoms with Crippen LogP contribution in [0.15, 0.2) is 42.5 Å². The predicted molar refractivity (Wildman–Crippen MR) is 174 cm³/mol. The Morgan fingerprint density at radius 1 is 0.978 bits per heavy atom. The van der Waals surface area contributed by atoms with Crippen molar-refractivity contribution in [3.8, 4) is 5.75 Å². The first-order valence-corrected chi connectivity index (χ1v) is 17.0. The highest BCUT2D eigenvalue weighted by Crippen LogP contribution is 2.43. The van der Waals surface area contributed by atoms with Gasteiger partial charge in [-0.25, -0.2) is 0 Å². The Labute approximate surface area is 268 Å². The fourth-order valence-corrected chi connectivity index (χ4v) is 7.18. The third kappa shape index (κ3) is 8.19. The lowest BCUT2D eigenvalue weighted by molar-refractivity contribution is -0.141. The highest BCUT2D eigenvalue weighted by molar-refractivity contribution is 5.77. The number of rotatable bonds is 14. The quantitative estimate of drug-likeness (QED) is 0.305. The van der Waals surface area contributed by atoms with Crippen LogP contribution in [0.2, 0.25) is 0 Å². The van der Waals surface area contributed by atoms with Crippen LogP contribution in [0.3, 0.4) is 0 Å². The van der Waals surface area contributed by atoms with E-state index in [9.17, 15) is 4.79 Å². The lowest BCUT2D eigenvalue weighted by atomic mass is 9.84. The summed E-state index contributed by atoms with van der Waals surface area (Å²) in [5.74, 6) is 1.62. The number of amides is 1. The van der Waals surface area contributed by atoms with Gasteiger partial charge in [-0.3, -0.25) is 4.79 Å². The monoisotopic (exact) mass is 621 g/mol. The van der Waals surface area contributed by atoms with Crippen LogP contribution in [-0.2, 0) is 30.3 Å². The van der Waals surface area contributed by atoms with E-state index >= 15 is 0 Å². The summed E-state index contributed by atoms with van der Waals surface area (Å²) in [7, 11) is 3.56. The largest absolute Gasteiger partial charge is 0.490 e. The molecule has 45 heavy (non-hydrogen) atoms. The normalized spacial score (nSPS) is 24.2. The molecule has 9 heteroatoms. The van der Waals surface area contributed by atoms with Crippen molar-refractivity contribution in [3.05, 3.63) is 59.2 Å². The van der Waals surface area contributed by atoms with E-state index in [1.807, 2.05) is 12.0 Å². The van der Waals surface area contributed by atoms with Crippen LogP contribution in [0.4, 0.5) is 5.69 Å². The second kappa shape index (κ2) is 15.7. The Morgan fingerprint density at radius 3 is 2.49 bits per heavy atom. The van der Waals surface area contributed by atoms with Gasteiger partial charge in [-0.15, -0.1) is 0 Å². The molecule has 246 valence electrons. The van der Waals surface area contributed by atoms with Gasteiger partial charge in [0.2, 0.25) is 5.91 Å². The molecule has 4 aliphatic rings. The highest BCUT2D eigenvalue weighted by Gasteiger charge is 2.38. The molecule has 1 unspecified atom stereocenters. The number of ether oxygens (including phenoxy) is 5. The maximum Gasteiger partial charge on any atom is 0.248 e. The molecule has 2 aromatic carbocycles. The zero-order valence-electron chi connectivity index (χ0n) is 27.1. The number of nitrogens with one attached hydrogen (secondary N) is 1. The summed E-state index contributed by atoms with van der Waals surface area (Å²) >= 11 is 0. The summed E-state index contributed by atoms with van der Waals surface area (Å²) in [5, 5.41) is 3.54. The number of benzene rings is 2. The van der Waals surface area contributed by atoms with Crippen LogP contribution in [0.5, 0.6) is 5.75 Å². The number of hydrogen-bond donors (Lipinski definition) is 1. The zero-order valence-corrected chi connectivity index (χ0v) is 27.1. The molecule has 0 radical (unpaired) electrons. The molecule has 1 N–H and O–H groups in total. The average molecular weight is 622 g/mol. The Hall–Kier alpha value is -2.69. The Kier molecular flexibility index (Phi) is 11.3. The van der Waals surface area contributed by atoms with Gasteiger partial charge in [0.25, 0.3) is 0 Å². The summed E-state index contributed by atoms with van der Waals surface area (Å²) in [6.07, 6.45) is 6.62. The molecule has 1 aliphatic carbocycles. The molecule has 0 aromatic heterocycles. The van der Waals surface area contributed by atoms with Gasteiger partial charge in [-0.05, 0) is 73.3 Å². The molecule has 9 nitrogen and oxygen atoms in total. The molecule has 3 aliphatic heterocycles. The minimum absolute atomic E-state index is 0.0112. The number of carbonyl (C=O) groups is 1. The maximum atomic E-state index is 13.0. The van der Waals surface area contributed by atoms with Gasteiger partial charge in [0.15, 0.2) is 0 Å². The number of piperidine rings is 2. The first kappa shape index (κ1) is 32.3. The van der Waals surface area contributed by atoms with Crippen molar-refractivity contribution in [1.82, 2.24) is 10.2 Å². The van der Waals surface area contributed by atoms with E-state index in [4.69, 9.17) is 23.7 Å². The minimum Gasteiger partial charge on any atom is -0.490 e. The van der Waals surface area contributed by atoms with Gasteiger partial charge < -0.3 is 38.8 Å². The van der Waals surface area contributed by atoms with Gasteiger partial charge >= 0.3 is 0 Å². The summed E-state index contributed by atoms with van der Waals surface area (Å²) in [6.45, 7) is 6.87. The van der Waals surface area contributed by atoms with Crippen LogP contribution < -0.4 is 15.0 Å². The summed E-state index contributed by atoms with van der Waals surface area (Å²) < 4.78 is 30.3. The van der Waals surface area contributed by atoms with Gasteiger partial charge in [-0.2, -0.15) is 0 Å². The van der Waals surface area contributed by atoms with Crippen molar-refractivity contribution in [1.29, 1.82) is 0 Å². The molecule has 4 atom stereocenters. The fourth-order valence-electron chi connectivity index (χ4n) is 7.18. The number of methoxy groups -OCH3 is 2. The molecule has 3 heterocycles. The minimum atomic E-state index is -0.182. The first-order chi connectivity index (χ1) is 22.1. The number of anilines is 1. The third-order valence-electron chi connectivity index (χ3n) is 9.80. The fraction of sp³-hybridized carbons (Fsp3) is 0.639. The summed E-state index contributed by atoms with van der Waals surface area (Å²) in [5.41, 5.74) is 4.63. The number of hydrogen-bond acceptors (Lipinski definition) is 8. The van der Waals surface area contributed by atoms with Gasteiger partial charge in [0.05, 0.1) is 37.2 Å². The molecular weight excluding hydrogens is 570 g/mol. The molecule has 0 spiro atoms. The van der Waals surface area contributed by atoms with Crippen LogP contribution in [0.1, 0.15) is 67.2 Å². The van der Waals surface area contributed by atoms with E-state index in [0.29, 0.717) is 32.2 Å². The molecule has 6 rings (SSSR count). The maximum absolute atomic E-state index is 13.0. The molecule has 3 fully saturated rings. The van der Waals surface area contributed by atoms with Crippen molar-refractivity contribution < 1.29 is 28.5 Å². The van der Waals surface area contributed by atoms with E-state index in [2.05, 4.69) is 52.7 Å². The van der Waals surface area contributed by atoms with Crippen molar-refractivity contribution in [2.45, 2.75) is 69.4 Å². The van der Waals surface area contributed by atoms with Crippen molar-refractivity contribution in [2.24, 2.45) is 5.92 Å². The summed E-state index contributed by atoms with van der Waals surface area (Å²) in [6, 6.07) is 15.2. The lowest BCUT2D eigenvalue weighted by Crippen LogP contribution is -2.51. The molecule has 0 bridgehead atoms. The van der Waals surface area contributed by atoms with E-state index in [0.717, 1.165) is 69.0 Å².